The molecule has 2 aliphatic rings. The Hall–Kier alpha value is -3.08. The highest BCUT2D eigenvalue weighted by atomic mass is 35.5. The minimum atomic E-state index is -0.0756. The first-order valence-electron chi connectivity index (χ1n) is 12.0. The van der Waals surface area contributed by atoms with Gasteiger partial charge in [-0.05, 0) is 59.2 Å². The molecule has 0 spiro atoms. The van der Waals surface area contributed by atoms with Gasteiger partial charge in [-0.2, -0.15) is 0 Å². The standard InChI is InChI=1S/C30H30ClNO3/c1-19-15-25-23(17-32(18-34-25)14-13-21-7-5-6-8-24(21)31)29-27(19)28(33)26(35-29)16-20-9-11-22(12-10-20)30(2,3)4/h5-12,15-16H,13-14,17-18H2,1-4H3/b26-16-. The van der Waals surface area contributed by atoms with Crippen molar-refractivity contribution in [3.63, 3.8) is 0 Å². The van der Waals surface area contributed by atoms with E-state index >= 15 is 0 Å². The number of ketones is 1. The van der Waals surface area contributed by atoms with Gasteiger partial charge >= 0.3 is 0 Å². The number of ether oxygens (including phenoxy) is 2. The van der Waals surface area contributed by atoms with Crippen molar-refractivity contribution in [2.24, 2.45) is 0 Å². The Balaban J connectivity index is 1.38. The largest absolute Gasteiger partial charge is 0.478 e. The summed E-state index contributed by atoms with van der Waals surface area (Å²) in [4.78, 5) is 15.5. The van der Waals surface area contributed by atoms with E-state index < -0.39 is 0 Å². The number of allylic oxidation sites excluding steroid dienone is 1. The second-order valence-corrected chi connectivity index (χ2v) is 10.8. The molecule has 0 amide bonds. The van der Waals surface area contributed by atoms with Crippen molar-refractivity contribution in [3.8, 4) is 11.5 Å². The highest BCUT2D eigenvalue weighted by molar-refractivity contribution is 6.31. The number of hydrogen-bond donors (Lipinski definition) is 0. The SMILES string of the molecule is Cc1cc2c(c3c1C(=O)/C(=C/c1ccc(C(C)(C)C)cc1)O3)CN(CCc1ccccc1Cl)CO2. The van der Waals surface area contributed by atoms with Gasteiger partial charge in [-0.3, -0.25) is 9.69 Å². The van der Waals surface area contributed by atoms with Crippen LogP contribution in [0.1, 0.15) is 58.9 Å². The summed E-state index contributed by atoms with van der Waals surface area (Å²) in [6.07, 6.45) is 2.65. The number of carbonyl (C=O) groups is 1. The average Bonchev–Trinajstić information content (AvgIpc) is 3.15. The van der Waals surface area contributed by atoms with E-state index in [1.165, 1.54) is 5.56 Å². The lowest BCUT2D eigenvalue weighted by Gasteiger charge is -2.30. The lowest BCUT2D eigenvalue weighted by atomic mass is 9.86. The average molecular weight is 488 g/mol. The number of halogens is 1. The van der Waals surface area contributed by atoms with E-state index in [0.717, 1.165) is 46.0 Å². The van der Waals surface area contributed by atoms with E-state index in [1.807, 2.05) is 49.4 Å². The molecule has 5 heteroatoms. The van der Waals surface area contributed by atoms with Gasteiger partial charge in [0.15, 0.2) is 5.76 Å². The summed E-state index contributed by atoms with van der Waals surface area (Å²) in [7, 11) is 0. The normalized spacial score (nSPS) is 16.6. The Morgan fingerprint density at radius 1 is 1.09 bits per heavy atom. The summed E-state index contributed by atoms with van der Waals surface area (Å²) in [6.45, 7) is 10.4. The monoisotopic (exact) mass is 487 g/mol. The number of hydrogen-bond acceptors (Lipinski definition) is 4. The molecule has 2 heterocycles. The fourth-order valence-corrected chi connectivity index (χ4v) is 4.86. The number of benzene rings is 3. The fraction of sp³-hybridized carbons (Fsp3) is 0.300. The first-order valence-corrected chi connectivity index (χ1v) is 12.4. The maximum Gasteiger partial charge on any atom is 0.232 e. The predicted octanol–water partition coefficient (Wildman–Crippen LogP) is 6.96. The smallest absolute Gasteiger partial charge is 0.232 e. The maximum atomic E-state index is 13.3. The van der Waals surface area contributed by atoms with Gasteiger partial charge in [0, 0.05) is 18.1 Å². The van der Waals surface area contributed by atoms with E-state index in [-0.39, 0.29) is 11.2 Å². The second-order valence-electron chi connectivity index (χ2n) is 10.4. The number of rotatable bonds is 4. The fourth-order valence-electron chi connectivity index (χ4n) is 4.63. The van der Waals surface area contributed by atoms with Crippen LogP contribution in [0.4, 0.5) is 0 Å². The molecule has 0 atom stereocenters. The second kappa shape index (κ2) is 9.18. The van der Waals surface area contributed by atoms with Crippen LogP contribution in [-0.4, -0.2) is 24.0 Å². The van der Waals surface area contributed by atoms with Gasteiger partial charge < -0.3 is 9.47 Å². The zero-order chi connectivity index (χ0) is 24.7. The molecule has 0 bridgehead atoms. The molecule has 5 rings (SSSR count). The first kappa shape index (κ1) is 23.7. The van der Waals surface area contributed by atoms with Crippen molar-refractivity contribution in [1.82, 2.24) is 4.90 Å². The summed E-state index contributed by atoms with van der Waals surface area (Å²) in [5.74, 6) is 1.70. The van der Waals surface area contributed by atoms with Crippen LogP contribution >= 0.6 is 11.6 Å². The van der Waals surface area contributed by atoms with E-state index in [1.54, 1.807) is 0 Å². The molecule has 0 N–H and O–H groups in total. The first-order chi connectivity index (χ1) is 16.7. The van der Waals surface area contributed by atoms with Crippen molar-refractivity contribution in [2.75, 3.05) is 13.3 Å². The van der Waals surface area contributed by atoms with Crippen LogP contribution in [-0.2, 0) is 18.4 Å². The van der Waals surface area contributed by atoms with Crippen molar-refractivity contribution in [1.29, 1.82) is 0 Å². The third kappa shape index (κ3) is 4.73. The molecule has 0 radical (unpaired) electrons. The van der Waals surface area contributed by atoms with Crippen LogP contribution in [0, 0.1) is 6.92 Å². The minimum absolute atomic E-state index is 0.0756. The molecule has 3 aromatic rings. The number of carbonyl (C=O) groups excluding carboxylic acids is 1. The Bertz CT molecular complexity index is 1320. The molecule has 0 unspecified atom stereocenters. The van der Waals surface area contributed by atoms with Crippen LogP contribution in [0.5, 0.6) is 11.5 Å². The summed E-state index contributed by atoms with van der Waals surface area (Å²) in [5, 5.41) is 0.779. The summed E-state index contributed by atoms with van der Waals surface area (Å²) in [5.41, 5.74) is 5.82. The van der Waals surface area contributed by atoms with Crippen molar-refractivity contribution >= 4 is 23.5 Å². The number of fused-ring (bicyclic) bond motifs is 3. The lowest BCUT2D eigenvalue weighted by molar-refractivity contribution is 0.0949. The predicted molar refractivity (Wildman–Crippen MR) is 140 cm³/mol. The Morgan fingerprint density at radius 2 is 1.83 bits per heavy atom. The van der Waals surface area contributed by atoms with Gasteiger partial charge in [0.1, 0.15) is 18.2 Å². The number of nitrogens with zero attached hydrogens (tertiary/aromatic N) is 1. The van der Waals surface area contributed by atoms with Crippen molar-refractivity contribution in [2.45, 2.75) is 46.1 Å². The zero-order valence-electron chi connectivity index (χ0n) is 20.7. The number of Topliss-reactive ketones (excluding diaryl/α,β-unsaturated/α-hetero) is 1. The van der Waals surface area contributed by atoms with Crippen LogP contribution in [0.15, 0.2) is 60.4 Å². The van der Waals surface area contributed by atoms with E-state index in [9.17, 15) is 4.79 Å². The van der Waals surface area contributed by atoms with Gasteiger partial charge in [0.25, 0.3) is 0 Å². The highest BCUT2D eigenvalue weighted by Crippen LogP contribution is 2.44. The third-order valence-corrected chi connectivity index (χ3v) is 7.09. The quantitative estimate of drug-likeness (QED) is 0.373. The molecule has 0 fully saturated rings. The van der Waals surface area contributed by atoms with Gasteiger partial charge in [0.2, 0.25) is 5.78 Å². The lowest BCUT2D eigenvalue weighted by Crippen LogP contribution is -2.34. The molecular formula is C30H30ClNO3. The number of aryl methyl sites for hydroxylation is 1. The molecule has 4 nitrogen and oxygen atoms in total. The summed E-state index contributed by atoms with van der Waals surface area (Å²) < 4.78 is 12.3. The van der Waals surface area contributed by atoms with Gasteiger partial charge in [-0.1, -0.05) is 74.8 Å². The maximum absolute atomic E-state index is 13.3. The van der Waals surface area contributed by atoms with Crippen LogP contribution < -0.4 is 9.47 Å². The van der Waals surface area contributed by atoms with Crippen LogP contribution in [0.2, 0.25) is 5.02 Å². The molecule has 0 saturated carbocycles. The topological polar surface area (TPSA) is 38.8 Å². The van der Waals surface area contributed by atoms with Crippen molar-refractivity contribution < 1.29 is 14.3 Å². The Kier molecular flexibility index (Phi) is 6.20. The summed E-state index contributed by atoms with van der Waals surface area (Å²) >= 11 is 6.33. The van der Waals surface area contributed by atoms with E-state index in [4.69, 9.17) is 21.1 Å². The minimum Gasteiger partial charge on any atom is -0.478 e. The molecule has 35 heavy (non-hydrogen) atoms. The molecule has 0 aliphatic carbocycles. The molecular weight excluding hydrogens is 458 g/mol. The Morgan fingerprint density at radius 3 is 2.54 bits per heavy atom. The molecule has 0 saturated heterocycles. The van der Waals surface area contributed by atoms with Crippen LogP contribution in [0.25, 0.3) is 6.08 Å². The molecule has 2 aliphatic heterocycles. The molecule has 180 valence electrons. The van der Waals surface area contributed by atoms with Gasteiger partial charge in [-0.25, -0.2) is 0 Å². The van der Waals surface area contributed by atoms with E-state index in [0.29, 0.717) is 30.3 Å². The Labute approximate surface area is 212 Å². The molecule has 3 aromatic carbocycles. The highest BCUT2D eigenvalue weighted by Gasteiger charge is 2.35. The van der Waals surface area contributed by atoms with Gasteiger partial charge in [0.05, 0.1) is 11.1 Å². The third-order valence-electron chi connectivity index (χ3n) is 6.72. The van der Waals surface area contributed by atoms with Crippen molar-refractivity contribution in [3.05, 3.63) is 98.8 Å². The summed E-state index contributed by atoms with van der Waals surface area (Å²) in [6, 6.07) is 18.2. The van der Waals surface area contributed by atoms with Gasteiger partial charge in [-0.15, -0.1) is 0 Å². The molecule has 0 aromatic heterocycles. The van der Waals surface area contributed by atoms with E-state index in [2.05, 4.69) is 43.9 Å². The van der Waals surface area contributed by atoms with Crippen LogP contribution in [0.3, 0.4) is 0 Å². The zero-order valence-corrected chi connectivity index (χ0v) is 21.4.